The molecule has 0 fully saturated rings. The molecule has 0 radical (unpaired) electrons. The number of amides is 1. The lowest BCUT2D eigenvalue weighted by molar-refractivity contribution is -0.127. The minimum absolute atomic E-state index is 0.0531. The van der Waals surface area contributed by atoms with Gasteiger partial charge in [-0.3, -0.25) is 4.79 Å². The Hall–Kier alpha value is -1.51. The molecule has 0 aromatic heterocycles. The van der Waals surface area contributed by atoms with Crippen LogP contribution >= 0.6 is 0 Å². The van der Waals surface area contributed by atoms with Crippen molar-refractivity contribution in [1.82, 2.24) is 5.32 Å². The minimum Gasteiger partial charge on any atom is -0.481 e. The van der Waals surface area contributed by atoms with Gasteiger partial charge in [-0.1, -0.05) is 19.4 Å². The van der Waals surface area contributed by atoms with Gasteiger partial charge in [-0.2, -0.15) is 0 Å². The van der Waals surface area contributed by atoms with Gasteiger partial charge in [-0.25, -0.2) is 0 Å². The maximum absolute atomic E-state index is 11.8. The Morgan fingerprint density at radius 1 is 1.28 bits per heavy atom. The zero-order chi connectivity index (χ0) is 13.5. The topological polar surface area (TPSA) is 38.3 Å². The van der Waals surface area contributed by atoms with E-state index in [9.17, 15) is 4.79 Å². The van der Waals surface area contributed by atoms with E-state index in [-0.39, 0.29) is 5.91 Å². The molecule has 0 aliphatic rings. The van der Waals surface area contributed by atoms with Crippen LogP contribution in [-0.4, -0.2) is 18.6 Å². The number of ether oxygens (including phenoxy) is 1. The maximum Gasteiger partial charge on any atom is 0.260 e. The lowest BCUT2D eigenvalue weighted by Crippen LogP contribution is -2.36. The number of hydrogen-bond acceptors (Lipinski definition) is 2. The van der Waals surface area contributed by atoms with Gasteiger partial charge in [0, 0.05) is 6.54 Å². The Bertz CT molecular complexity index is 381. The molecule has 1 rings (SSSR count). The molecule has 1 atom stereocenters. The van der Waals surface area contributed by atoms with Gasteiger partial charge < -0.3 is 10.1 Å². The van der Waals surface area contributed by atoms with E-state index in [0.717, 1.165) is 36.3 Å². The molecule has 0 spiro atoms. The minimum atomic E-state index is -0.456. The van der Waals surface area contributed by atoms with Crippen LogP contribution in [0.3, 0.4) is 0 Å². The van der Waals surface area contributed by atoms with Gasteiger partial charge in [0.05, 0.1) is 0 Å². The first-order chi connectivity index (χ1) is 8.52. The number of rotatable bonds is 6. The predicted molar refractivity (Wildman–Crippen MR) is 73.9 cm³/mol. The number of carbonyl (C=O) groups is 1. The van der Waals surface area contributed by atoms with E-state index in [1.165, 1.54) is 0 Å². The van der Waals surface area contributed by atoms with E-state index >= 15 is 0 Å². The van der Waals surface area contributed by atoms with Gasteiger partial charge in [0.1, 0.15) is 5.75 Å². The van der Waals surface area contributed by atoms with Crippen LogP contribution in [0.2, 0.25) is 0 Å². The van der Waals surface area contributed by atoms with Crippen LogP contribution in [0.15, 0.2) is 18.2 Å². The quantitative estimate of drug-likeness (QED) is 0.787. The van der Waals surface area contributed by atoms with Crippen LogP contribution in [0.5, 0.6) is 5.75 Å². The van der Waals surface area contributed by atoms with Gasteiger partial charge in [-0.15, -0.1) is 0 Å². The molecule has 3 nitrogen and oxygen atoms in total. The lowest BCUT2D eigenvalue weighted by atomic mass is 10.1. The molecular weight excluding hydrogens is 226 g/mol. The van der Waals surface area contributed by atoms with E-state index < -0.39 is 6.10 Å². The molecule has 0 aliphatic heterocycles. The van der Waals surface area contributed by atoms with E-state index in [1.54, 1.807) is 6.92 Å². The molecule has 100 valence electrons. The summed E-state index contributed by atoms with van der Waals surface area (Å²) in [5, 5.41) is 2.87. The second-order valence-corrected chi connectivity index (χ2v) is 4.73. The number of carbonyl (C=O) groups excluding carboxylic acids is 1. The third-order valence-corrected chi connectivity index (χ3v) is 2.71. The average Bonchev–Trinajstić information content (AvgIpc) is 2.27. The predicted octanol–water partition coefficient (Wildman–Crippen LogP) is 2.99. The van der Waals surface area contributed by atoms with Crippen LogP contribution < -0.4 is 10.1 Å². The Morgan fingerprint density at radius 3 is 2.44 bits per heavy atom. The number of aryl methyl sites for hydroxylation is 2. The van der Waals surface area contributed by atoms with Crippen LogP contribution in [0, 0.1) is 13.8 Å². The van der Waals surface area contributed by atoms with E-state index in [2.05, 4.69) is 18.3 Å². The summed E-state index contributed by atoms with van der Waals surface area (Å²) in [4.78, 5) is 11.8. The first kappa shape index (κ1) is 14.6. The summed E-state index contributed by atoms with van der Waals surface area (Å²) in [6, 6.07) is 5.98. The van der Waals surface area contributed by atoms with Crippen LogP contribution in [-0.2, 0) is 4.79 Å². The molecule has 0 unspecified atom stereocenters. The molecular formula is C15H23NO2. The molecule has 0 saturated carbocycles. The van der Waals surface area contributed by atoms with Crippen molar-refractivity contribution in [3.63, 3.8) is 0 Å². The van der Waals surface area contributed by atoms with Gasteiger partial charge >= 0.3 is 0 Å². The summed E-state index contributed by atoms with van der Waals surface area (Å²) in [7, 11) is 0. The summed E-state index contributed by atoms with van der Waals surface area (Å²) < 4.78 is 5.66. The van der Waals surface area contributed by atoms with Crippen molar-refractivity contribution in [1.29, 1.82) is 0 Å². The highest BCUT2D eigenvalue weighted by Gasteiger charge is 2.13. The Kier molecular flexibility index (Phi) is 5.69. The van der Waals surface area contributed by atoms with E-state index in [4.69, 9.17) is 4.74 Å². The highest BCUT2D eigenvalue weighted by Crippen LogP contribution is 2.17. The second kappa shape index (κ2) is 7.04. The molecule has 0 saturated heterocycles. The summed E-state index contributed by atoms with van der Waals surface area (Å²) >= 11 is 0. The van der Waals surface area contributed by atoms with Crippen LogP contribution in [0.4, 0.5) is 0 Å². The molecule has 0 aliphatic carbocycles. The monoisotopic (exact) mass is 249 g/mol. The fraction of sp³-hybridized carbons (Fsp3) is 0.533. The standard InChI is InChI=1S/C15H23NO2/c1-5-6-7-16-15(17)13(4)18-14-9-11(2)8-12(3)10-14/h8-10,13H,5-7H2,1-4H3,(H,16,17)/t13-/m1/s1. The van der Waals surface area contributed by atoms with Gasteiger partial charge in [0.2, 0.25) is 0 Å². The largest absolute Gasteiger partial charge is 0.481 e. The third kappa shape index (κ3) is 4.78. The first-order valence-electron chi connectivity index (χ1n) is 6.55. The number of hydrogen-bond donors (Lipinski definition) is 1. The zero-order valence-corrected chi connectivity index (χ0v) is 11.7. The molecule has 18 heavy (non-hydrogen) atoms. The van der Waals surface area contributed by atoms with Crippen molar-refractivity contribution in [2.24, 2.45) is 0 Å². The second-order valence-electron chi connectivity index (χ2n) is 4.73. The first-order valence-corrected chi connectivity index (χ1v) is 6.55. The normalized spacial score (nSPS) is 12.0. The number of benzene rings is 1. The highest BCUT2D eigenvalue weighted by atomic mass is 16.5. The fourth-order valence-corrected chi connectivity index (χ4v) is 1.79. The maximum atomic E-state index is 11.8. The van der Waals surface area contributed by atoms with Crippen molar-refractivity contribution in [2.75, 3.05) is 6.54 Å². The van der Waals surface area contributed by atoms with E-state index in [0.29, 0.717) is 0 Å². The fourth-order valence-electron chi connectivity index (χ4n) is 1.79. The van der Waals surface area contributed by atoms with Gasteiger partial charge in [-0.05, 0) is 50.5 Å². The van der Waals surface area contributed by atoms with Gasteiger partial charge in [0.15, 0.2) is 6.10 Å². The summed E-state index contributed by atoms with van der Waals surface area (Å²) in [5.74, 6) is 0.702. The molecule has 1 aromatic rings. The summed E-state index contributed by atoms with van der Waals surface area (Å²) in [5.41, 5.74) is 2.28. The van der Waals surface area contributed by atoms with Crippen molar-refractivity contribution in [3.8, 4) is 5.75 Å². The number of nitrogens with one attached hydrogen (secondary N) is 1. The van der Waals surface area contributed by atoms with Crippen molar-refractivity contribution in [3.05, 3.63) is 29.3 Å². The van der Waals surface area contributed by atoms with Crippen molar-refractivity contribution < 1.29 is 9.53 Å². The summed E-state index contributed by atoms with van der Waals surface area (Å²) in [6.45, 7) is 8.63. The summed E-state index contributed by atoms with van der Waals surface area (Å²) in [6.07, 6.45) is 1.62. The Balaban J connectivity index is 2.52. The molecule has 1 amide bonds. The molecule has 0 bridgehead atoms. The highest BCUT2D eigenvalue weighted by molar-refractivity contribution is 5.80. The number of unbranched alkanes of at least 4 members (excludes halogenated alkanes) is 1. The van der Waals surface area contributed by atoms with Crippen LogP contribution in [0.1, 0.15) is 37.8 Å². The lowest BCUT2D eigenvalue weighted by Gasteiger charge is -2.15. The van der Waals surface area contributed by atoms with E-state index in [1.807, 2.05) is 26.0 Å². The zero-order valence-electron chi connectivity index (χ0n) is 11.7. The Morgan fingerprint density at radius 2 is 1.89 bits per heavy atom. The molecule has 1 N–H and O–H groups in total. The average molecular weight is 249 g/mol. The van der Waals surface area contributed by atoms with Crippen LogP contribution in [0.25, 0.3) is 0 Å². The Labute approximate surface area is 110 Å². The SMILES string of the molecule is CCCCNC(=O)[C@@H](C)Oc1cc(C)cc(C)c1. The third-order valence-electron chi connectivity index (χ3n) is 2.71. The smallest absolute Gasteiger partial charge is 0.260 e. The van der Waals surface area contributed by atoms with Crippen molar-refractivity contribution in [2.45, 2.75) is 46.6 Å². The van der Waals surface area contributed by atoms with Gasteiger partial charge in [0.25, 0.3) is 5.91 Å². The van der Waals surface area contributed by atoms with Crippen molar-refractivity contribution >= 4 is 5.91 Å². The molecule has 0 heterocycles. The molecule has 1 aromatic carbocycles. The molecule has 3 heteroatoms.